The number of hydrogen-bond acceptors (Lipinski definition) is 3. The Kier molecular flexibility index (Phi) is 7.56. The SMILES string of the molecule is CN=C(NCC1(c2ccc(Br)cc2)CCOCC1)N(C)CCOCC1CC1. The summed E-state index contributed by atoms with van der Waals surface area (Å²) in [5.74, 6) is 1.74. The van der Waals surface area contributed by atoms with Crippen molar-refractivity contribution in [2.45, 2.75) is 31.1 Å². The zero-order chi connectivity index (χ0) is 19.1. The lowest BCUT2D eigenvalue weighted by Gasteiger charge is -2.39. The highest BCUT2D eigenvalue weighted by molar-refractivity contribution is 9.10. The van der Waals surface area contributed by atoms with E-state index in [4.69, 9.17) is 9.47 Å². The molecule has 2 aliphatic rings. The minimum atomic E-state index is 0.0816. The normalized spacial score (nSPS) is 19.7. The number of nitrogens with one attached hydrogen (secondary N) is 1. The van der Waals surface area contributed by atoms with Gasteiger partial charge in [0.05, 0.1) is 6.61 Å². The standard InChI is InChI=1S/C21H32BrN3O2/c1-23-20(25(2)11-14-27-15-17-3-4-17)24-16-21(9-12-26-13-10-21)18-5-7-19(22)8-6-18/h5-8,17H,3-4,9-16H2,1-2H3,(H,23,24). The van der Waals surface area contributed by atoms with E-state index in [9.17, 15) is 0 Å². The Bertz CT molecular complexity index is 610. The lowest BCUT2D eigenvalue weighted by Crippen LogP contribution is -2.49. The number of ether oxygens (including phenoxy) is 2. The lowest BCUT2D eigenvalue weighted by molar-refractivity contribution is 0.0511. The maximum absolute atomic E-state index is 5.77. The van der Waals surface area contributed by atoms with E-state index in [0.29, 0.717) is 0 Å². The van der Waals surface area contributed by atoms with Crippen LogP contribution in [0.2, 0.25) is 0 Å². The fraction of sp³-hybridized carbons (Fsp3) is 0.667. The molecule has 1 aromatic carbocycles. The van der Waals surface area contributed by atoms with Gasteiger partial charge in [0.25, 0.3) is 0 Å². The molecule has 1 saturated carbocycles. The molecule has 0 radical (unpaired) electrons. The Morgan fingerprint density at radius 3 is 2.63 bits per heavy atom. The molecular formula is C21H32BrN3O2. The number of benzene rings is 1. The molecule has 5 nitrogen and oxygen atoms in total. The minimum Gasteiger partial charge on any atom is -0.381 e. The van der Waals surface area contributed by atoms with E-state index < -0.39 is 0 Å². The summed E-state index contributed by atoms with van der Waals surface area (Å²) in [5.41, 5.74) is 1.45. The van der Waals surface area contributed by atoms with Gasteiger partial charge in [-0.2, -0.15) is 0 Å². The van der Waals surface area contributed by atoms with E-state index in [1.54, 1.807) is 0 Å². The van der Waals surface area contributed by atoms with Crippen LogP contribution in [0.4, 0.5) is 0 Å². The third-order valence-corrected chi connectivity index (χ3v) is 6.21. The van der Waals surface area contributed by atoms with Crippen LogP contribution in [0, 0.1) is 5.92 Å². The first-order valence-corrected chi connectivity index (χ1v) is 10.8. The van der Waals surface area contributed by atoms with Crippen molar-refractivity contribution in [3.63, 3.8) is 0 Å². The molecule has 1 aromatic rings. The summed E-state index contributed by atoms with van der Waals surface area (Å²) in [4.78, 5) is 6.63. The fourth-order valence-corrected chi connectivity index (χ4v) is 3.87. The average Bonchev–Trinajstić information content (AvgIpc) is 3.51. The zero-order valence-electron chi connectivity index (χ0n) is 16.5. The summed E-state index contributed by atoms with van der Waals surface area (Å²) >= 11 is 3.54. The molecule has 0 atom stereocenters. The van der Waals surface area contributed by atoms with E-state index >= 15 is 0 Å². The summed E-state index contributed by atoms with van der Waals surface area (Å²) in [6.45, 7) is 4.98. The predicted molar refractivity (Wildman–Crippen MR) is 113 cm³/mol. The van der Waals surface area contributed by atoms with Gasteiger partial charge < -0.3 is 19.7 Å². The maximum Gasteiger partial charge on any atom is 0.193 e. The lowest BCUT2D eigenvalue weighted by atomic mass is 9.74. The first-order chi connectivity index (χ1) is 13.1. The molecule has 0 aromatic heterocycles. The van der Waals surface area contributed by atoms with E-state index in [-0.39, 0.29) is 5.41 Å². The summed E-state index contributed by atoms with van der Waals surface area (Å²) in [5, 5.41) is 3.61. The molecule has 1 aliphatic carbocycles. The van der Waals surface area contributed by atoms with Gasteiger partial charge in [-0.05, 0) is 49.3 Å². The third-order valence-electron chi connectivity index (χ3n) is 5.69. The molecule has 2 fully saturated rings. The van der Waals surface area contributed by atoms with Crippen LogP contribution in [0.25, 0.3) is 0 Å². The minimum absolute atomic E-state index is 0.0816. The second-order valence-electron chi connectivity index (χ2n) is 7.74. The maximum atomic E-state index is 5.77. The van der Waals surface area contributed by atoms with Crippen LogP contribution < -0.4 is 5.32 Å². The number of nitrogens with zero attached hydrogens (tertiary/aromatic N) is 2. The van der Waals surface area contributed by atoms with Crippen molar-refractivity contribution in [2.75, 3.05) is 53.6 Å². The second-order valence-corrected chi connectivity index (χ2v) is 8.66. The largest absolute Gasteiger partial charge is 0.381 e. The van der Waals surface area contributed by atoms with Gasteiger partial charge in [-0.3, -0.25) is 4.99 Å². The Balaban J connectivity index is 1.56. The Hall–Kier alpha value is -1.11. The van der Waals surface area contributed by atoms with Crippen molar-refractivity contribution < 1.29 is 9.47 Å². The smallest absolute Gasteiger partial charge is 0.193 e. The number of halogens is 1. The van der Waals surface area contributed by atoms with Crippen molar-refractivity contribution in [3.05, 3.63) is 34.3 Å². The van der Waals surface area contributed by atoms with Gasteiger partial charge in [-0.1, -0.05) is 28.1 Å². The van der Waals surface area contributed by atoms with Gasteiger partial charge in [-0.25, -0.2) is 0 Å². The van der Waals surface area contributed by atoms with Gasteiger partial charge in [0.15, 0.2) is 5.96 Å². The van der Waals surface area contributed by atoms with Crippen LogP contribution >= 0.6 is 15.9 Å². The summed E-state index contributed by atoms with van der Waals surface area (Å²) in [7, 11) is 3.92. The first-order valence-electron chi connectivity index (χ1n) is 9.96. The highest BCUT2D eigenvalue weighted by Gasteiger charge is 2.34. The Labute approximate surface area is 171 Å². The van der Waals surface area contributed by atoms with Gasteiger partial charge in [0.2, 0.25) is 0 Å². The average molecular weight is 438 g/mol. The van der Waals surface area contributed by atoms with E-state index in [2.05, 4.69) is 62.5 Å². The van der Waals surface area contributed by atoms with Crippen LogP contribution in [0.3, 0.4) is 0 Å². The molecular weight excluding hydrogens is 406 g/mol. The first kappa shape index (κ1) is 20.6. The fourth-order valence-electron chi connectivity index (χ4n) is 3.61. The third kappa shape index (κ3) is 5.93. The van der Waals surface area contributed by atoms with Crippen molar-refractivity contribution in [1.29, 1.82) is 0 Å². The quantitative estimate of drug-likeness (QED) is 0.384. The Morgan fingerprint density at radius 2 is 2.00 bits per heavy atom. The van der Waals surface area contributed by atoms with Crippen LogP contribution in [0.15, 0.2) is 33.7 Å². The van der Waals surface area contributed by atoms with Crippen LogP contribution in [-0.4, -0.2) is 64.5 Å². The van der Waals surface area contributed by atoms with Crippen molar-refractivity contribution in [1.82, 2.24) is 10.2 Å². The number of rotatable bonds is 8. The molecule has 0 bridgehead atoms. The number of likely N-dealkylation sites (N-methyl/N-ethyl adjacent to an activating group) is 1. The van der Waals surface area contributed by atoms with Gasteiger partial charge in [0.1, 0.15) is 0 Å². The van der Waals surface area contributed by atoms with Crippen LogP contribution in [0.5, 0.6) is 0 Å². The molecule has 1 saturated heterocycles. The monoisotopic (exact) mass is 437 g/mol. The molecule has 0 unspecified atom stereocenters. The van der Waals surface area contributed by atoms with E-state index in [1.807, 2.05) is 7.05 Å². The zero-order valence-corrected chi connectivity index (χ0v) is 18.1. The molecule has 3 rings (SSSR count). The molecule has 27 heavy (non-hydrogen) atoms. The van der Waals surface area contributed by atoms with E-state index in [1.165, 1.54) is 18.4 Å². The molecule has 6 heteroatoms. The van der Waals surface area contributed by atoms with Gasteiger partial charge in [0, 0.05) is 56.9 Å². The number of hydrogen-bond donors (Lipinski definition) is 1. The highest BCUT2D eigenvalue weighted by Crippen LogP contribution is 2.35. The molecule has 1 heterocycles. The highest BCUT2D eigenvalue weighted by atomic mass is 79.9. The molecule has 0 spiro atoms. The Morgan fingerprint density at radius 1 is 1.30 bits per heavy atom. The molecule has 1 aliphatic heterocycles. The second kappa shape index (κ2) is 9.89. The summed E-state index contributed by atoms with van der Waals surface area (Å²) in [6.07, 6.45) is 4.71. The van der Waals surface area contributed by atoms with Gasteiger partial charge in [-0.15, -0.1) is 0 Å². The molecule has 0 amide bonds. The molecule has 1 N–H and O–H groups in total. The van der Waals surface area contributed by atoms with Crippen molar-refractivity contribution in [2.24, 2.45) is 10.9 Å². The van der Waals surface area contributed by atoms with Crippen molar-refractivity contribution in [3.8, 4) is 0 Å². The number of aliphatic imine (C=N–C) groups is 1. The van der Waals surface area contributed by atoms with E-state index in [0.717, 1.165) is 68.7 Å². The molecule has 150 valence electrons. The number of guanidine groups is 1. The summed E-state index contributed by atoms with van der Waals surface area (Å²) in [6, 6.07) is 8.72. The summed E-state index contributed by atoms with van der Waals surface area (Å²) < 4.78 is 12.5. The van der Waals surface area contributed by atoms with Crippen LogP contribution in [0.1, 0.15) is 31.2 Å². The van der Waals surface area contributed by atoms with Gasteiger partial charge >= 0.3 is 0 Å². The van der Waals surface area contributed by atoms with Crippen LogP contribution in [-0.2, 0) is 14.9 Å². The topological polar surface area (TPSA) is 46.1 Å². The van der Waals surface area contributed by atoms with Crippen molar-refractivity contribution >= 4 is 21.9 Å². The predicted octanol–water partition coefficient (Wildman–Crippen LogP) is 3.43.